The summed E-state index contributed by atoms with van der Waals surface area (Å²) in [7, 11) is 0. The maximum absolute atomic E-state index is 11.9. The van der Waals surface area contributed by atoms with Crippen LogP contribution in [0.2, 0.25) is 0 Å². The molecular formula is C14H24N5O4+. The summed E-state index contributed by atoms with van der Waals surface area (Å²) < 4.78 is 6.69. The monoisotopic (exact) mass is 326 g/mol. The van der Waals surface area contributed by atoms with Crippen molar-refractivity contribution in [3.63, 3.8) is 0 Å². The van der Waals surface area contributed by atoms with Crippen LogP contribution in [-0.2, 0) is 16.1 Å². The van der Waals surface area contributed by atoms with E-state index in [0.717, 1.165) is 39.3 Å². The highest BCUT2D eigenvalue weighted by atomic mass is 16.6. The van der Waals surface area contributed by atoms with Crippen LogP contribution in [-0.4, -0.2) is 60.0 Å². The first-order chi connectivity index (χ1) is 11.0. The van der Waals surface area contributed by atoms with E-state index in [1.807, 2.05) is 0 Å². The van der Waals surface area contributed by atoms with Gasteiger partial charge in [-0.1, -0.05) is 0 Å². The normalized spacial score (nSPS) is 15.6. The SMILES string of the molecule is Cc1nn(CC(=O)NCCC[NH+]2CCOCC2)c(C)c1[N+](=O)[O-]. The van der Waals surface area contributed by atoms with Crippen molar-refractivity contribution in [3.8, 4) is 0 Å². The second kappa shape index (κ2) is 8.02. The molecule has 1 aromatic rings. The molecule has 0 spiro atoms. The first-order valence-corrected chi connectivity index (χ1v) is 7.85. The van der Waals surface area contributed by atoms with Gasteiger partial charge in [0.15, 0.2) is 0 Å². The number of aromatic nitrogens is 2. The van der Waals surface area contributed by atoms with Gasteiger partial charge in [-0.05, 0) is 13.8 Å². The number of morpholine rings is 1. The molecule has 2 heterocycles. The van der Waals surface area contributed by atoms with Crippen LogP contribution in [0.3, 0.4) is 0 Å². The molecule has 1 fully saturated rings. The molecule has 9 heteroatoms. The van der Waals surface area contributed by atoms with Gasteiger partial charge in [-0.15, -0.1) is 0 Å². The van der Waals surface area contributed by atoms with E-state index in [1.54, 1.807) is 13.8 Å². The predicted molar refractivity (Wildman–Crippen MR) is 82.4 cm³/mol. The maximum atomic E-state index is 11.9. The minimum Gasteiger partial charge on any atom is -0.370 e. The number of carbonyl (C=O) groups excluding carboxylic acids is 1. The van der Waals surface area contributed by atoms with Crippen molar-refractivity contribution in [2.24, 2.45) is 0 Å². The number of hydrogen-bond acceptors (Lipinski definition) is 5. The van der Waals surface area contributed by atoms with Gasteiger partial charge in [-0.25, -0.2) is 0 Å². The van der Waals surface area contributed by atoms with E-state index in [4.69, 9.17) is 4.74 Å². The third kappa shape index (κ3) is 4.73. The number of aryl methyl sites for hydroxylation is 1. The van der Waals surface area contributed by atoms with Crippen LogP contribution in [0.1, 0.15) is 17.8 Å². The van der Waals surface area contributed by atoms with Gasteiger partial charge in [-0.2, -0.15) is 5.10 Å². The Balaban J connectivity index is 1.74. The molecule has 0 atom stereocenters. The summed E-state index contributed by atoms with van der Waals surface area (Å²) in [6.45, 7) is 8.44. The van der Waals surface area contributed by atoms with Gasteiger partial charge in [0.05, 0.1) is 24.7 Å². The number of amides is 1. The number of carbonyl (C=O) groups is 1. The molecule has 1 aliphatic rings. The minimum atomic E-state index is -0.461. The molecule has 1 aliphatic heterocycles. The highest BCUT2D eigenvalue weighted by Crippen LogP contribution is 2.21. The Morgan fingerprint density at radius 1 is 1.43 bits per heavy atom. The summed E-state index contributed by atoms with van der Waals surface area (Å²) in [5.74, 6) is -0.178. The van der Waals surface area contributed by atoms with E-state index in [1.165, 1.54) is 9.58 Å². The molecule has 23 heavy (non-hydrogen) atoms. The molecule has 128 valence electrons. The average molecular weight is 326 g/mol. The Hall–Kier alpha value is -2.00. The summed E-state index contributed by atoms with van der Waals surface area (Å²) in [6.07, 6.45) is 0.901. The fourth-order valence-corrected chi connectivity index (χ4v) is 2.77. The number of nitrogens with zero attached hydrogens (tertiary/aromatic N) is 3. The van der Waals surface area contributed by atoms with Gasteiger partial charge in [0.1, 0.15) is 31.0 Å². The molecule has 0 aromatic carbocycles. The largest absolute Gasteiger partial charge is 0.370 e. The number of ether oxygens (including phenoxy) is 1. The van der Waals surface area contributed by atoms with E-state index in [0.29, 0.717) is 17.9 Å². The van der Waals surface area contributed by atoms with Crippen LogP contribution in [0.25, 0.3) is 0 Å². The molecule has 0 aliphatic carbocycles. The van der Waals surface area contributed by atoms with Crippen molar-refractivity contribution in [1.29, 1.82) is 0 Å². The molecule has 0 unspecified atom stereocenters. The zero-order chi connectivity index (χ0) is 16.8. The van der Waals surface area contributed by atoms with Crippen molar-refractivity contribution in [3.05, 3.63) is 21.5 Å². The lowest BCUT2D eigenvalue weighted by atomic mass is 10.3. The molecule has 1 amide bonds. The van der Waals surface area contributed by atoms with Crippen molar-refractivity contribution in [1.82, 2.24) is 15.1 Å². The summed E-state index contributed by atoms with van der Waals surface area (Å²) >= 11 is 0. The lowest BCUT2D eigenvalue weighted by Crippen LogP contribution is -3.14. The van der Waals surface area contributed by atoms with Crippen LogP contribution in [0.5, 0.6) is 0 Å². The standard InChI is InChI=1S/C14H23N5O4/c1-11-14(19(21)22)12(2)18(16-11)10-13(20)15-4-3-5-17-6-8-23-9-7-17/h3-10H2,1-2H3,(H,15,20)/p+1. The highest BCUT2D eigenvalue weighted by Gasteiger charge is 2.22. The van der Waals surface area contributed by atoms with Gasteiger partial charge in [0, 0.05) is 13.0 Å². The Kier molecular flexibility index (Phi) is 6.05. The first kappa shape index (κ1) is 17.4. The zero-order valence-electron chi connectivity index (χ0n) is 13.6. The van der Waals surface area contributed by atoms with Crippen molar-refractivity contribution >= 4 is 11.6 Å². The molecule has 2 N–H and O–H groups in total. The Labute approximate surface area is 134 Å². The van der Waals surface area contributed by atoms with Crippen molar-refractivity contribution in [2.75, 3.05) is 39.4 Å². The fraction of sp³-hybridized carbons (Fsp3) is 0.714. The third-order valence-corrected chi connectivity index (χ3v) is 4.05. The van der Waals surface area contributed by atoms with Crippen molar-refractivity contribution < 1.29 is 19.4 Å². The third-order valence-electron chi connectivity index (χ3n) is 4.05. The van der Waals surface area contributed by atoms with Crippen LogP contribution in [0.15, 0.2) is 0 Å². The van der Waals surface area contributed by atoms with E-state index < -0.39 is 4.92 Å². The fourth-order valence-electron chi connectivity index (χ4n) is 2.77. The van der Waals surface area contributed by atoms with Gasteiger partial charge < -0.3 is 15.0 Å². The number of nitrogens with one attached hydrogen (secondary N) is 2. The van der Waals surface area contributed by atoms with Crippen LogP contribution < -0.4 is 10.2 Å². The highest BCUT2D eigenvalue weighted by molar-refractivity contribution is 5.75. The molecular weight excluding hydrogens is 302 g/mol. The molecule has 9 nitrogen and oxygen atoms in total. The molecule has 0 radical (unpaired) electrons. The van der Waals surface area contributed by atoms with Gasteiger partial charge >= 0.3 is 5.69 Å². The number of hydrogen-bond donors (Lipinski definition) is 2. The molecule has 0 bridgehead atoms. The average Bonchev–Trinajstić information content (AvgIpc) is 2.79. The number of rotatable bonds is 7. The summed E-state index contributed by atoms with van der Waals surface area (Å²) in [5.41, 5.74) is 0.713. The Bertz CT molecular complexity index is 566. The van der Waals surface area contributed by atoms with Gasteiger partial charge in [0.25, 0.3) is 0 Å². The van der Waals surface area contributed by atoms with Gasteiger partial charge in [-0.3, -0.25) is 19.6 Å². The van der Waals surface area contributed by atoms with Crippen molar-refractivity contribution in [2.45, 2.75) is 26.8 Å². The van der Waals surface area contributed by atoms with E-state index >= 15 is 0 Å². The minimum absolute atomic E-state index is 0.00489. The summed E-state index contributed by atoms with van der Waals surface area (Å²) in [5, 5.41) is 17.9. The molecule has 1 saturated heterocycles. The smallest absolute Gasteiger partial charge is 0.312 e. The zero-order valence-corrected chi connectivity index (χ0v) is 13.6. The topological polar surface area (TPSA) is 104 Å². The van der Waals surface area contributed by atoms with E-state index in [9.17, 15) is 14.9 Å². The van der Waals surface area contributed by atoms with Gasteiger partial charge in [0.2, 0.25) is 5.91 Å². The Morgan fingerprint density at radius 2 is 2.13 bits per heavy atom. The van der Waals surface area contributed by atoms with Crippen LogP contribution in [0, 0.1) is 24.0 Å². The van der Waals surface area contributed by atoms with E-state index in [2.05, 4.69) is 10.4 Å². The van der Waals surface area contributed by atoms with Crippen LogP contribution >= 0.6 is 0 Å². The molecule has 2 rings (SSSR count). The van der Waals surface area contributed by atoms with Crippen LogP contribution in [0.4, 0.5) is 5.69 Å². The second-order valence-corrected chi connectivity index (χ2v) is 5.75. The summed E-state index contributed by atoms with van der Waals surface area (Å²) in [4.78, 5) is 23.9. The second-order valence-electron chi connectivity index (χ2n) is 5.75. The molecule has 0 saturated carbocycles. The van der Waals surface area contributed by atoms with E-state index in [-0.39, 0.29) is 18.1 Å². The lowest BCUT2D eigenvalue weighted by Gasteiger charge is -2.23. The lowest BCUT2D eigenvalue weighted by molar-refractivity contribution is -0.908. The summed E-state index contributed by atoms with van der Waals surface area (Å²) in [6, 6.07) is 0. The number of nitro groups is 1. The quantitative estimate of drug-likeness (QED) is 0.373. The number of quaternary nitrogens is 1. The molecule has 1 aromatic heterocycles. The first-order valence-electron chi connectivity index (χ1n) is 7.85. The maximum Gasteiger partial charge on any atom is 0.312 e. The Morgan fingerprint density at radius 3 is 2.74 bits per heavy atom. The predicted octanol–water partition coefficient (Wildman–Crippen LogP) is -1.17.